The lowest BCUT2D eigenvalue weighted by molar-refractivity contribution is 0.581. The number of benzene rings is 2. The van der Waals surface area contributed by atoms with Gasteiger partial charge in [-0.1, -0.05) is 6.92 Å². The Morgan fingerprint density at radius 3 is 2.66 bits per heavy atom. The van der Waals surface area contributed by atoms with Crippen LogP contribution in [0.2, 0.25) is 0 Å². The van der Waals surface area contributed by atoms with Gasteiger partial charge in [0.2, 0.25) is 10.0 Å². The van der Waals surface area contributed by atoms with E-state index in [9.17, 15) is 12.8 Å². The van der Waals surface area contributed by atoms with Gasteiger partial charge in [-0.15, -0.1) is 0 Å². The van der Waals surface area contributed by atoms with Gasteiger partial charge >= 0.3 is 0 Å². The zero-order valence-corrected chi connectivity index (χ0v) is 20.9. The van der Waals surface area contributed by atoms with Crippen LogP contribution in [0, 0.1) is 12.7 Å². The van der Waals surface area contributed by atoms with Crippen LogP contribution in [0.15, 0.2) is 55.0 Å². The van der Waals surface area contributed by atoms with Crippen LogP contribution in [-0.2, 0) is 16.6 Å². The van der Waals surface area contributed by atoms with E-state index >= 15 is 0 Å². The van der Waals surface area contributed by atoms with Gasteiger partial charge in [-0.3, -0.25) is 8.99 Å². The van der Waals surface area contributed by atoms with E-state index in [4.69, 9.17) is 0 Å². The van der Waals surface area contributed by atoms with Gasteiger partial charge in [0.15, 0.2) is 0 Å². The number of fused-ring (bicyclic) bond motifs is 1. The van der Waals surface area contributed by atoms with Crippen LogP contribution in [0.3, 0.4) is 0 Å². The lowest BCUT2D eigenvalue weighted by Gasteiger charge is -2.24. The summed E-state index contributed by atoms with van der Waals surface area (Å²) in [6.45, 7) is 5.92. The first-order valence-corrected chi connectivity index (χ1v) is 13.3. The van der Waals surface area contributed by atoms with E-state index in [-0.39, 0.29) is 5.82 Å². The summed E-state index contributed by atoms with van der Waals surface area (Å²) in [7, 11) is -1.93. The van der Waals surface area contributed by atoms with Crippen molar-refractivity contribution in [1.82, 2.24) is 19.6 Å². The van der Waals surface area contributed by atoms with Crippen molar-refractivity contribution in [2.24, 2.45) is 0 Å². The Hall–Kier alpha value is -3.40. The third-order valence-electron chi connectivity index (χ3n) is 6.68. The third-order valence-corrected chi connectivity index (χ3v) is 8.88. The molecule has 35 heavy (non-hydrogen) atoms. The van der Waals surface area contributed by atoms with E-state index in [1.54, 1.807) is 47.1 Å². The lowest BCUT2D eigenvalue weighted by Crippen LogP contribution is -2.38. The molecule has 0 bridgehead atoms. The number of nitrogens with zero attached hydrogens (tertiary/aromatic N) is 6. The molecule has 10 heteroatoms. The summed E-state index contributed by atoms with van der Waals surface area (Å²) in [6.07, 6.45) is 6.67. The summed E-state index contributed by atoms with van der Waals surface area (Å²) in [5, 5.41) is 9.21. The molecule has 0 spiro atoms. The van der Waals surface area contributed by atoms with Gasteiger partial charge < -0.3 is 4.90 Å². The summed E-state index contributed by atoms with van der Waals surface area (Å²) < 4.78 is 45.0. The number of aromatic nitrogens is 4. The molecule has 0 N–H and O–H groups in total. The third kappa shape index (κ3) is 4.27. The molecule has 0 aliphatic carbocycles. The Morgan fingerprint density at radius 1 is 1.14 bits per heavy atom. The van der Waals surface area contributed by atoms with E-state index in [1.807, 2.05) is 6.92 Å². The molecule has 2 aromatic heterocycles. The normalized spacial score (nSPS) is 16.3. The van der Waals surface area contributed by atoms with Crippen molar-refractivity contribution in [2.45, 2.75) is 38.5 Å². The number of sulfonamides is 1. The highest BCUT2D eigenvalue weighted by molar-refractivity contribution is 7.93. The zero-order chi connectivity index (χ0) is 24.7. The molecule has 1 saturated heterocycles. The molecule has 1 atom stereocenters. The summed E-state index contributed by atoms with van der Waals surface area (Å²) in [6, 6.07) is 10.3. The number of hydrogen-bond donors (Lipinski definition) is 0. The van der Waals surface area contributed by atoms with Crippen molar-refractivity contribution >= 4 is 32.3 Å². The number of hydrogen-bond acceptors (Lipinski definition) is 5. The van der Waals surface area contributed by atoms with Crippen LogP contribution in [0.4, 0.5) is 15.8 Å². The monoisotopic (exact) mass is 496 g/mol. The Bertz CT molecular complexity index is 1460. The molecule has 3 heterocycles. The van der Waals surface area contributed by atoms with Gasteiger partial charge in [0.25, 0.3) is 0 Å². The van der Waals surface area contributed by atoms with Crippen molar-refractivity contribution < 1.29 is 12.8 Å². The molecule has 184 valence electrons. The van der Waals surface area contributed by atoms with Crippen LogP contribution in [0.25, 0.3) is 16.6 Å². The minimum absolute atomic E-state index is 0.289. The zero-order valence-electron chi connectivity index (χ0n) is 20.1. The highest BCUT2D eigenvalue weighted by atomic mass is 32.2. The van der Waals surface area contributed by atoms with Crippen LogP contribution >= 0.6 is 0 Å². The lowest BCUT2D eigenvalue weighted by atomic mass is 10.1. The first-order valence-electron chi connectivity index (χ1n) is 11.8. The molecule has 8 nitrogen and oxygen atoms in total. The van der Waals surface area contributed by atoms with E-state index in [0.717, 1.165) is 40.8 Å². The second-order valence-corrected chi connectivity index (χ2v) is 11.3. The van der Waals surface area contributed by atoms with Crippen LogP contribution < -0.4 is 9.21 Å². The van der Waals surface area contributed by atoms with Crippen molar-refractivity contribution in [3.05, 3.63) is 66.4 Å². The minimum Gasteiger partial charge on any atom is -0.370 e. The maximum absolute atomic E-state index is 13.4. The molecule has 1 aliphatic heterocycles. The van der Waals surface area contributed by atoms with Crippen molar-refractivity contribution in [3.63, 3.8) is 0 Å². The second-order valence-electron chi connectivity index (χ2n) is 9.06. The van der Waals surface area contributed by atoms with Crippen LogP contribution in [-0.4, -0.2) is 53.4 Å². The maximum atomic E-state index is 13.4. The molecule has 2 aromatic carbocycles. The quantitative estimate of drug-likeness (QED) is 0.385. The SMILES string of the molecule is CCCn1cc(N(C)S(=O)(=O)C2CCN(c3cc4cnn(-c5ccc(F)cc5)c4cc3C)C2)cn1. The number of halogens is 1. The number of aryl methyl sites for hydroxylation is 2. The molecule has 1 unspecified atom stereocenters. The van der Waals surface area contributed by atoms with E-state index in [2.05, 4.69) is 34.2 Å². The van der Waals surface area contributed by atoms with Crippen LogP contribution in [0.5, 0.6) is 0 Å². The van der Waals surface area contributed by atoms with Crippen molar-refractivity contribution in [3.8, 4) is 5.69 Å². The van der Waals surface area contributed by atoms with Gasteiger partial charge in [0.1, 0.15) is 5.82 Å². The molecule has 0 amide bonds. The molecule has 1 aliphatic rings. The second kappa shape index (κ2) is 8.99. The van der Waals surface area contributed by atoms with Crippen molar-refractivity contribution in [1.29, 1.82) is 0 Å². The Kier molecular flexibility index (Phi) is 6.00. The fraction of sp³-hybridized carbons (Fsp3) is 0.360. The molecule has 5 rings (SSSR count). The molecule has 4 aromatic rings. The Labute approximate surface area is 204 Å². The van der Waals surface area contributed by atoms with E-state index in [1.165, 1.54) is 16.4 Å². The van der Waals surface area contributed by atoms with Gasteiger partial charge in [0, 0.05) is 44.0 Å². The Balaban J connectivity index is 1.37. The first-order chi connectivity index (χ1) is 16.8. The topological polar surface area (TPSA) is 76.3 Å². The average Bonchev–Trinajstić information content (AvgIpc) is 3.59. The summed E-state index contributed by atoms with van der Waals surface area (Å²) in [4.78, 5) is 2.14. The maximum Gasteiger partial charge on any atom is 0.239 e. The minimum atomic E-state index is -3.53. The molecular weight excluding hydrogens is 467 g/mol. The summed E-state index contributed by atoms with van der Waals surface area (Å²) in [5.74, 6) is -0.289. The summed E-state index contributed by atoms with van der Waals surface area (Å²) >= 11 is 0. The highest BCUT2D eigenvalue weighted by Crippen LogP contribution is 2.32. The van der Waals surface area contributed by atoms with Gasteiger partial charge in [-0.25, -0.2) is 17.5 Å². The smallest absolute Gasteiger partial charge is 0.239 e. The predicted octanol–water partition coefficient (Wildman–Crippen LogP) is 4.12. The first kappa shape index (κ1) is 23.3. The molecular formula is C25H29FN6O2S. The fourth-order valence-corrected chi connectivity index (χ4v) is 6.33. The highest BCUT2D eigenvalue weighted by Gasteiger charge is 2.37. The molecule has 0 saturated carbocycles. The largest absolute Gasteiger partial charge is 0.370 e. The predicted molar refractivity (Wildman–Crippen MR) is 136 cm³/mol. The van der Waals surface area contributed by atoms with Gasteiger partial charge in [-0.05, 0) is 61.7 Å². The number of anilines is 2. The number of rotatable bonds is 7. The molecule has 0 radical (unpaired) electrons. The van der Waals surface area contributed by atoms with Gasteiger partial charge in [-0.2, -0.15) is 10.2 Å². The molecule has 1 fully saturated rings. The Morgan fingerprint density at radius 2 is 1.91 bits per heavy atom. The van der Waals surface area contributed by atoms with E-state index in [0.29, 0.717) is 25.2 Å². The standard InChI is InChI=1S/C25H29FN6O2S/c1-4-10-31-16-22(15-27-31)29(3)35(33,34)23-9-11-30(17-23)24-13-19-14-28-32(25(19)12-18(24)2)21-7-5-20(26)6-8-21/h5-8,12-16,23H,4,9-11,17H2,1-3H3. The van der Waals surface area contributed by atoms with Gasteiger partial charge in [0.05, 0.1) is 34.5 Å². The van der Waals surface area contributed by atoms with E-state index < -0.39 is 15.3 Å². The summed E-state index contributed by atoms with van der Waals surface area (Å²) in [5.41, 5.74) is 4.33. The fourth-order valence-electron chi connectivity index (χ4n) is 4.72. The van der Waals surface area contributed by atoms with Crippen LogP contribution in [0.1, 0.15) is 25.3 Å². The average molecular weight is 497 g/mol. The van der Waals surface area contributed by atoms with Crippen molar-refractivity contribution in [2.75, 3.05) is 29.3 Å².